The highest BCUT2D eigenvalue weighted by Gasteiger charge is 2.82. The van der Waals surface area contributed by atoms with E-state index < -0.39 is 27.6 Å². The molecule has 6 nitrogen and oxygen atoms in total. The molecule has 0 aromatic heterocycles. The summed E-state index contributed by atoms with van der Waals surface area (Å²) in [5, 5.41) is 8.87. The third kappa shape index (κ3) is 1.33. The van der Waals surface area contributed by atoms with Crippen LogP contribution in [0.1, 0.15) is 6.42 Å². The van der Waals surface area contributed by atoms with Crippen LogP contribution in [0.25, 0.3) is 0 Å². The molecule has 15 heavy (non-hydrogen) atoms. The van der Waals surface area contributed by atoms with Gasteiger partial charge in [-0.3, -0.25) is 14.4 Å². The zero-order valence-corrected chi connectivity index (χ0v) is 9.66. The summed E-state index contributed by atoms with van der Waals surface area (Å²) >= 11 is 2.86. The third-order valence-electron chi connectivity index (χ3n) is 2.47. The molecule has 1 rings (SSSR count). The number of ether oxygens (including phenoxy) is 2. The van der Waals surface area contributed by atoms with Gasteiger partial charge >= 0.3 is 17.9 Å². The van der Waals surface area contributed by atoms with Gasteiger partial charge in [0, 0.05) is 6.42 Å². The van der Waals surface area contributed by atoms with Gasteiger partial charge in [0.25, 0.3) is 0 Å². The molecule has 84 valence electrons. The molecular formula is C8H9BrO6. The highest BCUT2D eigenvalue weighted by Crippen LogP contribution is 2.63. The van der Waals surface area contributed by atoms with Crippen molar-refractivity contribution < 1.29 is 29.0 Å². The lowest BCUT2D eigenvalue weighted by molar-refractivity contribution is -0.163. The Morgan fingerprint density at radius 1 is 1.20 bits per heavy atom. The van der Waals surface area contributed by atoms with Gasteiger partial charge in [-0.05, 0) is 0 Å². The van der Waals surface area contributed by atoms with Gasteiger partial charge in [0.2, 0.25) is 0 Å². The number of carbonyl (C=O) groups excluding carboxylic acids is 2. The Bertz CT molecular complexity index is 322. The summed E-state index contributed by atoms with van der Waals surface area (Å²) in [6.45, 7) is 0. The minimum atomic E-state index is -1.76. The van der Waals surface area contributed by atoms with Gasteiger partial charge in [-0.2, -0.15) is 0 Å². The maximum Gasteiger partial charge on any atom is 0.325 e. The van der Waals surface area contributed by atoms with Crippen LogP contribution in [0.15, 0.2) is 0 Å². The van der Waals surface area contributed by atoms with Gasteiger partial charge in [0.05, 0.1) is 14.2 Å². The first kappa shape index (κ1) is 12.0. The number of rotatable bonds is 3. The Labute approximate surface area is 93.7 Å². The molecule has 1 fully saturated rings. The van der Waals surface area contributed by atoms with Crippen molar-refractivity contribution in [3.05, 3.63) is 0 Å². The monoisotopic (exact) mass is 280 g/mol. The van der Waals surface area contributed by atoms with E-state index in [-0.39, 0.29) is 6.42 Å². The fourth-order valence-electron chi connectivity index (χ4n) is 1.48. The molecule has 0 aliphatic heterocycles. The summed E-state index contributed by atoms with van der Waals surface area (Å²) in [5.41, 5.74) is -1.76. The second kappa shape index (κ2) is 3.48. The van der Waals surface area contributed by atoms with Gasteiger partial charge in [-0.25, -0.2) is 0 Å². The lowest BCUT2D eigenvalue weighted by atomic mass is 10.0. The lowest BCUT2D eigenvalue weighted by Crippen LogP contribution is -2.38. The van der Waals surface area contributed by atoms with Crippen molar-refractivity contribution in [3.8, 4) is 0 Å². The predicted molar refractivity (Wildman–Crippen MR) is 50.4 cm³/mol. The number of carboxylic acids is 1. The standard InChI is InChI=1S/C8H9BrO6/c1-14-5(12)7(6(13)15-2)3-8(7,9)4(10)11/h3H2,1-2H3,(H,10,11). The van der Waals surface area contributed by atoms with Crippen molar-refractivity contribution in [2.75, 3.05) is 14.2 Å². The minimum absolute atomic E-state index is 0.172. The maximum atomic E-state index is 11.4. The molecule has 0 amide bonds. The number of halogens is 1. The van der Waals surface area contributed by atoms with Crippen LogP contribution in [0.3, 0.4) is 0 Å². The first-order chi connectivity index (χ1) is 6.86. The Morgan fingerprint density at radius 2 is 1.60 bits per heavy atom. The van der Waals surface area contributed by atoms with E-state index in [1.807, 2.05) is 0 Å². The molecule has 1 atom stereocenters. The molecule has 0 saturated heterocycles. The van der Waals surface area contributed by atoms with Gasteiger partial charge in [0.1, 0.15) is 0 Å². The number of carbonyl (C=O) groups is 3. The molecule has 1 saturated carbocycles. The van der Waals surface area contributed by atoms with Crippen LogP contribution in [0.2, 0.25) is 0 Å². The Kier molecular flexibility index (Phi) is 2.77. The fourth-order valence-corrected chi connectivity index (χ4v) is 2.22. The fraction of sp³-hybridized carbons (Fsp3) is 0.625. The van der Waals surface area contributed by atoms with Crippen LogP contribution in [0.5, 0.6) is 0 Å². The zero-order valence-electron chi connectivity index (χ0n) is 8.07. The summed E-state index contributed by atoms with van der Waals surface area (Å²) in [5.74, 6) is -3.11. The molecule has 0 heterocycles. The summed E-state index contributed by atoms with van der Waals surface area (Å²) in [7, 11) is 2.17. The molecule has 0 spiro atoms. The summed E-state index contributed by atoms with van der Waals surface area (Å²) in [6, 6.07) is 0. The number of aliphatic carboxylic acids is 1. The van der Waals surface area contributed by atoms with E-state index in [4.69, 9.17) is 5.11 Å². The summed E-state index contributed by atoms with van der Waals surface area (Å²) in [4.78, 5) is 33.7. The van der Waals surface area contributed by atoms with Crippen LogP contribution in [-0.2, 0) is 23.9 Å². The molecule has 0 aromatic rings. The Balaban J connectivity index is 3.10. The lowest BCUT2D eigenvalue weighted by Gasteiger charge is -2.13. The molecule has 0 bridgehead atoms. The van der Waals surface area contributed by atoms with Crippen molar-refractivity contribution in [1.29, 1.82) is 0 Å². The zero-order chi connectivity index (χ0) is 11.9. The van der Waals surface area contributed by atoms with Gasteiger partial charge in [-0.1, -0.05) is 15.9 Å². The van der Waals surface area contributed by atoms with E-state index in [0.717, 1.165) is 14.2 Å². The van der Waals surface area contributed by atoms with E-state index in [1.165, 1.54) is 0 Å². The van der Waals surface area contributed by atoms with Crippen molar-refractivity contribution in [3.63, 3.8) is 0 Å². The molecule has 1 aliphatic carbocycles. The van der Waals surface area contributed by atoms with E-state index in [2.05, 4.69) is 25.4 Å². The molecule has 1 aliphatic rings. The average Bonchev–Trinajstić information content (AvgIpc) is 2.86. The second-order valence-electron chi connectivity index (χ2n) is 3.17. The number of hydrogen-bond acceptors (Lipinski definition) is 5. The minimum Gasteiger partial charge on any atom is -0.480 e. The van der Waals surface area contributed by atoms with E-state index >= 15 is 0 Å². The van der Waals surface area contributed by atoms with Crippen molar-refractivity contribution in [1.82, 2.24) is 0 Å². The van der Waals surface area contributed by atoms with Crippen LogP contribution in [0, 0.1) is 5.41 Å². The van der Waals surface area contributed by atoms with E-state index in [9.17, 15) is 14.4 Å². The van der Waals surface area contributed by atoms with E-state index in [0.29, 0.717) is 0 Å². The number of alkyl halides is 1. The van der Waals surface area contributed by atoms with Crippen LogP contribution in [-0.4, -0.2) is 41.6 Å². The molecular weight excluding hydrogens is 272 g/mol. The number of methoxy groups -OCH3 is 2. The predicted octanol–water partition coefficient (Wildman–Crippen LogP) is -0.0592. The molecule has 1 N–H and O–H groups in total. The SMILES string of the molecule is COC(=O)C1(C(=O)OC)CC1(Br)C(=O)O. The highest BCUT2D eigenvalue weighted by atomic mass is 79.9. The van der Waals surface area contributed by atoms with Crippen molar-refractivity contribution in [2.24, 2.45) is 5.41 Å². The molecule has 0 radical (unpaired) electrons. The topological polar surface area (TPSA) is 89.9 Å². The van der Waals surface area contributed by atoms with Crippen LogP contribution in [0.4, 0.5) is 0 Å². The highest BCUT2D eigenvalue weighted by molar-refractivity contribution is 9.10. The largest absolute Gasteiger partial charge is 0.480 e. The first-order valence-corrected chi connectivity index (χ1v) is 4.75. The summed E-state index contributed by atoms with van der Waals surface area (Å²) < 4.78 is 7.22. The summed E-state index contributed by atoms with van der Waals surface area (Å²) in [6.07, 6.45) is -0.172. The quantitative estimate of drug-likeness (QED) is 0.443. The van der Waals surface area contributed by atoms with Gasteiger partial charge < -0.3 is 14.6 Å². The van der Waals surface area contributed by atoms with Crippen molar-refractivity contribution in [2.45, 2.75) is 10.7 Å². The normalized spacial score (nSPS) is 26.6. The molecule has 0 aromatic carbocycles. The maximum absolute atomic E-state index is 11.4. The first-order valence-electron chi connectivity index (χ1n) is 3.96. The third-order valence-corrected chi connectivity index (χ3v) is 3.76. The van der Waals surface area contributed by atoms with Crippen molar-refractivity contribution >= 4 is 33.8 Å². The Morgan fingerprint density at radius 3 is 1.80 bits per heavy atom. The second-order valence-corrected chi connectivity index (χ2v) is 4.53. The molecule has 1 unspecified atom stereocenters. The number of hydrogen-bond donors (Lipinski definition) is 1. The average molecular weight is 281 g/mol. The van der Waals surface area contributed by atoms with E-state index in [1.54, 1.807) is 0 Å². The van der Waals surface area contributed by atoms with Gasteiger partial charge in [-0.15, -0.1) is 0 Å². The van der Waals surface area contributed by atoms with Crippen LogP contribution < -0.4 is 0 Å². The Hall–Kier alpha value is -1.11. The smallest absolute Gasteiger partial charge is 0.325 e. The number of carboxylic acid groups (broad SMARTS) is 1. The molecule has 7 heteroatoms. The number of esters is 2. The van der Waals surface area contributed by atoms with Gasteiger partial charge in [0.15, 0.2) is 9.74 Å². The van der Waals surface area contributed by atoms with Crippen LogP contribution >= 0.6 is 15.9 Å².